The first kappa shape index (κ1) is 22.6. The maximum absolute atomic E-state index is 12.2. The van der Waals surface area contributed by atoms with Gasteiger partial charge in [0.15, 0.2) is 0 Å². The van der Waals surface area contributed by atoms with Gasteiger partial charge in [-0.15, -0.1) is 0 Å². The second-order valence-electron chi connectivity index (χ2n) is 5.83. The molecule has 0 heterocycles. The standard InChI is InChI=1S/C19H26ClF3O3/c1-3-14-12-16(24)13-15(4-2)18(14)26-10-7-5-6-9-25-11-8-17(20)19(21,22)23/h8,12-13,24H,3-7,9-11H2,1-2H3/b17-8-. The van der Waals surface area contributed by atoms with Crippen LogP contribution in [0, 0.1) is 0 Å². The molecule has 0 aliphatic carbocycles. The van der Waals surface area contributed by atoms with Gasteiger partial charge in [-0.05, 0) is 61.4 Å². The average Bonchev–Trinajstić information content (AvgIpc) is 2.59. The summed E-state index contributed by atoms with van der Waals surface area (Å²) in [5, 5.41) is 8.57. The van der Waals surface area contributed by atoms with E-state index in [1.54, 1.807) is 12.1 Å². The molecule has 0 bridgehead atoms. The quantitative estimate of drug-likeness (QED) is 0.484. The third-order valence-corrected chi connectivity index (χ3v) is 4.19. The number of hydrogen-bond acceptors (Lipinski definition) is 3. The number of unbranched alkanes of at least 4 members (excludes halogenated alkanes) is 2. The van der Waals surface area contributed by atoms with Gasteiger partial charge in [-0.2, -0.15) is 13.2 Å². The summed E-state index contributed by atoms with van der Waals surface area (Å²) < 4.78 is 47.5. The van der Waals surface area contributed by atoms with Gasteiger partial charge in [0.25, 0.3) is 0 Å². The number of allylic oxidation sites excluding steroid dienone is 1. The molecule has 0 saturated heterocycles. The SMILES string of the molecule is CCc1cc(O)cc(CC)c1OCCCCCOC/C=C(\Cl)C(F)(F)F. The van der Waals surface area contributed by atoms with E-state index in [4.69, 9.17) is 21.1 Å². The Morgan fingerprint density at radius 3 is 2.19 bits per heavy atom. The van der Waals surface area contributed by atoms with Crippen molar-refractivity contribution in [1.29, 1.82) is 0 Å². The van der Waals surface area contributed by atoms with Crippen molar-refractivity contribution in [3.05, 3.63) is 34.4 Å². The lowest BCUT2D eigenvalue weighted by Gasteiger charge is -2.15. The van der Waals surface area contributed by atoms with Crippen LogP contribution in [0.4, 0.5) is 13.2 Å². The summed E-state index contributed by atoms with van der Waals surface area (Å²) in [4.78, 5) is 0. The number of hydrogen-bond donors (Lipinski definition) is 1. The van der Waals surface area contributed by atoms with Gasteiger partial charge in [0.1, 0.15) is 16.5 Å². The molecule has 0 aliphatic rings. The minimum atomic E-state index is -4.51. The molecule has 1 rings (SSSR count). The second kappa shape index (κ2) is 11.3. The first-order valence-corrected chi connectivity index (χ1v) is 9.15. The van der Waals surface area contributed by atoms with E-state index in [2.05, 4.69) is 0 Å². The second-order valence-corrected chi connectivity index (χ2v) is 6.24. The Bertz CT molecular complexity index is 561. The fraction of sp³-hybridized carbons (Fsp3) is 0.579. The number of phenols is 1. The van der Waals surface area contributed by atoms with Crippen molar-refractivity contribution in [2.24, 2.45) is 0 Å². The van der Waals surface area contributed by atoms with Gasteiger partial charge in [0, 0.05) is 6.61 Å². The zero-order chi connectivity index (χ0) is 19.6. The van der Waals surface area contributed by atoms with E-state index in [9.17, 15) is 18.3 Å². The molecular formula is C19H26ClF3O3. The van der Waals surface area contributed by atoms with Crippen molar-refractivity contribution in [1.82, 2.24) is 0 Å². The maximum atomic E-state index is 12.2. The van der Waals surface area contributed by atoms with Crippen LogP contribution in [0.1, 0.15) is 44.2 Å². The highest BCUT2D eigenvalue weighted by Gasteiger charge is 2.31. The van der Waals surface area contributed by atoms with Crippen LogP contribution in [0.15, 0.2) is 23.2 Å². The summed E-state index contributed by atoms with van der Waals surface area (Å²) in [6, 6.07) is 3.45. The number of aryl methyl sites for hydroxylation is 2. The summed E-state index contributed by atoms with van der Waals surface area (Å²) in [5.74, 6) is 1.10. The van der Waals surface area contributed by atoms with E-state index in [1.807, 2.05) is 13.8 Å². The molecule has 7 heteroatoms. The molecule has 0 aromatic heterocycles. The molecule has 0 atom stereocenters. The normalized spacial score (nSPS) is 12.5. The van der Waals surface area contributed by atoms with Gasteiger partial charge in [-0.25, -0.2) is 0 Å². The van der Waals surface area contributed by atoms with Gasteiger partial charge in [-0.3, -0.25) is 0 Å². The molecule has 26 heavy (non-hydrogen) atoms. The predicted octanol–water partition coefficient (Wildman–Crippen LogP) is 5.77. The zero-order valence-corrected chi connectivity index (χ0v) is 15.9. The van der Waals surface area contributed by atoms with Crippen molar-refractivity contribution >= 4 is 11.6 Å². The van der Waals surface area contributed by atoms with Gasteiger partial charge in [0.2, 0.25) is 0 Å². The predicted molar refractivity (Wildman–Crippen MR) is 97.0 cm³/mol. The van der Waals surface area contributed by atoms with Gasteiger partial charge < -0.3 is 14.6 Å². The minimum Gasteiger partial charge on any atom is -0.508 e. The number of phenolic OH excluding ortho intramolecular Hbond substituents is 1. The fourth-order valence-corrected chi connectivity index (χ4v) is 2.50. The Kier molecular flexibility index (Phi) is 9.88. The molecule has 148 valence electrons. The zero-order valence-electron chi connectivity index (χ0n) is 15.2. The summed E-state index contributed by atoms with van der Waals surface area (Å²) in [6.07, 6.45) is 0.265. The van der Waals surface area contributed by atoms with E-state index in [0.29, 0.717) is 13.2 Å². The van der Waals surface area contributed by atoms with Gasteiger partial charge in [0.05, 0.1) is 13.2 Å². The highest BCUT2D eigenvalue weighted by molar-refractivity contribution is 6.30. The van der Waals surface area contributed by atoms with Crippen molar-refractivity contribution in [3.63, 3.8) is 0 Å². The van der Waals surface area contributed by atoms with Gasteiger partial charge >= 0.3 is 6.18 Å². The highest BCUT2D eigenvalue weighted by Crippen LogP contribution is 2.30. The van der Waals surface area contributed by atoms with Crippen LogP contribution in [0.2, 0.25) is 0 Å². The smallest absolute Gasteiger partial charge is 0.426 e. The number of alkyl halides is 3. The Morgan fingerprint density at radius 1 is 1.08 bits per heavy atom. The lowest BCUT2D eigenvalue weighted by Crippen LogP contribution is -2.08. The molecule has 0 saturated carbocycles. The number of aromatic hydroxyl groups is 1. The Hall–Kier alpha value is -1.40. The van der Waals surface area contributed by atoms with Crippen molar-refractivity contribution in [2.45, 2.75) is 52.1 Å². The largest absolute Gasteiger partial charge is 0.508 e. The van der Waals surface area contributed by atoms with Crippen LogP contribution in [-0.2, 0) is 17.6 Å². The fourth-order valence-electron chi connectivity index (χ4n) is 2.43. The van der Waals surface area contributed by atoms with E-state index in [1.165, 1.54) is 0 Å². The summed E-state index contributed by atoms with van der Waals surface area (Å²) >= 11 is 5.08. The summed E-state index contributed by atoms with van der Waals surface area (Å²) in [5.41, 5.74) is 1.97. The van der Waals surface area contributed by atoms with Crippen molar-refractivity contribution in [3.8, 4) is 11.5 Å². The molecule has 3 nitrogen and oxygen atoms in total. The van der Waals surface area contributed by atoms with Crippen molar-refractivity contribution < 1.29 is 27.8 Å². The van der Waals surface area contributed by atoms with Crippen LogP contribution in [0.3, 0.4) is 0 Å². The maximum Gasteiger partial charge on any atom is 0.426 e. The highest BCUT2D eigenvalue weighted by atomic mass is 35.5. The van der Waals surface area contributed by atoms with Crippen LogP contribution >= 0.6 is 11.6 Å². The minimum absolute atomic E-state index is 0.151. The third kappa shape index (κ3) is 7.87. The molecule has 1 aromatic rings. The number of rotatable bonds is 11. The Balaban J connectivity index is 2.26. The molecule has 0 fully saturated rings. The van der Waals surface area contributed by atoms with E-state index in [0.717, 1.165) is 55.1 Å². The first-order chi connectivity index (χ1) is 12.3. The molecule has 1 N–H and O–H groups in total. The average molecular weight is 395 g/mol. The Morgan fingerprint density at radius 2 is 1.65 bits per heavy atom. The topological polar surface area (TPSA) is 38.7 Å². The van der Waals surface area contributed by atoms with E-state index in [-0.39, 0.29) is 12.4 Å². The lowest BCUT2D eigenvalue weighted by atomic mass is 10.0. The molecule has 1 aromatic carbocycles. The summed E-state index contributed by atoms with van der Waals surface area (Å²) in [7, 11) is 0. The number of ether oxygens (including phenoxy) is 2. The van der Waals surface area contributed by atoms with E-state index >= 15 is 0 Å². The molecule has 0 unspecified atom stereocenters. The van der Waals surface area contributed by atoms with Crippen LogP contribution in [-0.4, -0.2) is 31.1 Å². The monoisotopic (exact) mass is 394 g/mol. The van der Waals surface area contributed by atoms with Crippen LogP contribution in [0.5, 0.6) is 11.5 Å². The third-order valence-electron chi connectivity index (χ3n) is 3.82. The van der Waals surface area contributed by atoms with Gasteiger partial charge in [-0.1, -0.05) is 25.4 Å². The van der Waals surface area contributed by atoms with Crippen molar-refractivity contribution in [2.75, 3.05) is 19.8 Å². The van der Waals surface area contributed by atoms with E-state index < -0.39 is 11.2 Å². The Labute approximate surface area is 157 Å². The van der Waals surface area contributed by atoms with Crippen LogP contribution in [0.25, 0.3) is 0 Å². The number of halogens is 4. The summed E-state index contributed by atoms with van der Waals surface area (Å²) in [6.45, 7) is 4.79. The molecule has 0 aliphatic heterocycles. The molecule has 0 amide bonds. The molecule has 0 spiro atoms. The lowest BCUT2D eigenvalue weighted by molar-refractivity contribution is -0.0850. The molecule has 0 radical (unpaired) electrons. The molecular weight excluding hydrogens is 369 g/mol. The van der Waals surface area contributed by atoms with Crippen LogP contribution < -0.4 is 4.74 Å². The first-order valence-electron chi connectivity index (χ1n) is 8.77. The number of benzene rings is 1.